The van der Waals surface area contributed by atoms with Crippen LogP contribution in [-0.4, -0.2) is 5.91 Å². The molecule has 1 N–H and O–H groups in total. The van der Waals surface area contributed by atoms with Crippen molar-refractivity contribution in [3.05, 3.63) is 76.3 Å². The van der Waals surface area contributed by atoms with Crippen LogP contribution >= 0.6 is 0 Å². The van der Waals surface area contributed by atoms with Gasteiger partial charge in [-0.3, -0.25) is 4.79 Å². The summed E-state index contributed by atoms with van der Waals surface area (Å²) in [7, 11) is 0. The Morgan fingerprint density at radius 2 is 1.83 bits per heavy atom. The SMILES string of the molecule is CC[C@H](C)c1ccc(NC(=O)c2cc3ccccc3c(=O)o2)cc1. The van der Waals surface area contributed by atoms with Crippen molar-refractivity contribution in [2.24, 2.45) is 0 Å². The highest BCUT2D eigenvalue weighted by atomic mass is 16.4. The number of benzene rings is 2. The van der Waals surface area contributed by atoms with Crippen molar-refractivity contribution in [1.29, 1.82) is 0 Å². The monoisotopic (exact) mass is 321 g/mol. The van der Waals surface area contributed by atoms with Crippen molar-refractivity contribution in [2.75, 3.05) is 5.32 Å². The Hall–Kier alpha value is -2.88. The molecule has 0 fully saturated rings. The molecule has 0 radical (unpaired) electrons. The lowest BCUT2D eigenvalue weighted by atomic mass is 9.99. The predicted molar refractivity (Wildman–Crippen MR) is 95.6 cm³/mol. The van der Waals surface area contributed by atoms with E-state index in [1.165, 1.54) is 5.56 Å². The Morgan fingerprint density at radius 3 is 2.54 bits per heavy atom. The number of anilines is 1. The van der Waals surface area contributed by atoms with Crippen LogP contribution in [0.5, 0.6) is 0 Å². The molecule has 0 aliphatic carbocycles. The highest BCUT2D eigenvalue weighted by molar-refractivity contribution is 6.03. The van der Waals surface area contributed by atoms with E-state index in [4.69, 9.17) is 4.42 Å². The average molecular weight is 321 g/mol. The molecule has 24 heavy (non-hydrogen) atoms. The van der Waals surface area contributed by atoms with Gasteiger partial charge in [0.05, 0.1) is 5.39 Å². The zero-order chi connectivity index (χ0) is 17.1. The van der Waals surface area contributed by atoms with Crippen LogP contribution in [0.25, 0.3) is 10.8 Å². The van der Waals surface area contributed by atoms with Crippen LogP contribution in [0.2, 0.25) is 0 Å². The van der Waals surface area contributed by atoms with Gasteiger partial charge in [-0.25, -0.2) is 4.79 Å². The summed E-state index contributed by atoms with van der Waals surface area (Å²) in [6.07, 6.45) is 1.06. The molecule has 0 saturated carbocycles. The Kier molecular flexibility index (Phi) is 4.47. The first kappa shape index (κ1) is 16.0. The van der Waals surface area contributed by atoms with E-state index in [0.717, 1.165) is 6.42 Å². The molecule has 3 rings (SSSR count). The summed E-state index contributed by atoms with van der Waals surface area (Å²) < 4.78 is 5.14. The second-order valence-corrected chi connectivity index (χ2v) is 5.87. The topological polar surface area (TPSA) is 59.3 Å². The second kappa shape index (κ2) is 6.71. The van der Waals surface area contributed by atoms with Crippen LogP contribution in [0.1, 0.15) is 42.3 Å². The largest absolute Gasteiger partial charge is 0.417 e. The molecule has 3 aromatic rings. The van der Waals surface area contributed by atoms with Gasteiger partial charge >= 0.3 is 5.63 Å². The summed E-state index contributed by atoms with van der Waals surface area (Å²) in [5.41, 5.74) is 1.39. The van der Waals surface area contributed by atoms with Gasteiger partial charge in [0, 0.05) is 5.69 Å². The summed E-state index contributed by atoms with van der Waals surface area (Å²) in [6, 6.07) is 16.3. The third-order valence-corrected chi connectivity index (χ3v) is 4.24. The molecule has 0 bridgehead atoms. The summed E-state index contributed by atoms with van der Waals surface area (Å²) in [5, 5.41) is 3.91. The van der Waals surface area contributed by atoms with Crippen LogP contribution in [0, 0.1) is 0 Å². The fourth-order valence-electron chi connectivity index (χ4n) is 2.57. The fourth-order valence-corrected chi connectivity index (χ4v) is 2.57. The number of amides is 1. The van der Waals surface area contributed by atoms with E-state index in [1.54, 1.807) is 24.3 Å². The zero-order valence-electron chi connectivity index (χ0n) is 13.7. The molecular formula is C20H19NO3. The number of hydrogen-bond donors (Lipinski definition) is 1. The van der Waals surface area contributed by atoms with Crippen molar-refractivity contribution >= 4 is 22.4 Å². The van der Waals surface area contributed by atoms with Crippen molar-refractivity contribution in [2.45, 2.75) is 26.2 Å². The van der Waals surface area contributed by atoms with Crippen LogP contribution in [0.4, 0.5) is 5.69 Å². The van der Waals surface area contributed by atoms with E-state index < -0.39 is 11.5 Å². The molecule has 0 unspecified atom stereocenters. The van der Waals surface area contributed by atoms with E-state index in [0.29, 0.717) is 22.4 Å². The van der Waals surface area contributed by atoms with E-state index in [1.807, 2.05) is 30.3 Å². The molecule has 0 saturated heterocycles. The van der Waals surface area contributed by atoms with Crippen LogP contribution in [-0.2, 0) is 0 Å². The van der Waals surface area contributed by atoms with Gasteiger partial charge in [-0.05, 0) is 47.6 Å². The van der Waals surface area contributed by atoms with E-state index in [9.17, 15) is 9.59 Å². The zero-order valence-corrected chi connectivity index (χ0v) is 13.7. The van der Waals surface area contributed by atoms with Gasteiger partial charge < -0.3 is 9.73 Å². The molecule has 4 nitrogen and oxygen atoms in total. The van der Waals surface area contributed by atoms with Crippen molar-refractivity contribution in [1.82, 2.24) is 0 Å². The van der Waals surface area contributed by atoms with Gasteiger partial charge in [-0.2, -0.15) is 0 Å². The second-order valence-electron chi connectivity index (χ2n) is 5.87. The first-order valence-electron chi connectivity index (χ1n) is 8.02. The Balaban J connectivity index is 1.83. The Labute approximate surface area is 140 Å². The molecule has 122 valence electrons. The normalized spacial score (nSPS) is 12.1. The van der Waals surface area contributed by atoms with Gasteiger partial charge in [0.1, 0.15) is 0 Å². The Morgan fingerprint density at radius 1 is 1.12 bits per heavy atom. The molecule has 0 aliphatic rings. The maximum atomic E-state index is 12.3. The Bertz CT molecular complexity index is 926. The third kappa shape index (κ3) is 3.23. The molecule has 1 atom stereocenters. The number of fused-ring (bicyclic) bond motifs is 1. The first-order chi connectivity index (χ1) is 11.6. The summed E-state index contributed by atoms with van der Waals surface area (Å²) >= 11 is 0. The first-order valence-corrected chi connectivity index (χ1v) is 8.02. The fraction of sp³-hybridized carbons (Fsp3) is 0.200. The van der Waals surface area contributed by atoms with Crippen molar-refractivity contribution in [3.8, 4) is 0 Å². The minimum Gasteiger partial charge on any atom is -0.417 e. The lowest BCUT2D eigenvalue weighted by Crippen LogP contribution is -2.15. The molecule has 0 aliphatic heterocycles. The summed E-state index contributed by atoms with van der Waals surface area (Å²) in [6.45, 7) is 4.30. The van der Waals surface area contributed by atoms with Crippen LogP contribution < -0.4 is 10.9 Å². The molecule has 4 heteroatoms. The molecule has 1 amide bonds. The number of nitrogens with one attached hydrogen (secondary N) is 1. The minimum absolute atomic E-state index is 0.00435. The quantitative estimate of drug-likeness (QED) is 0.766. The summed E-state index contributed by atoms with van der Waals surface area (Å²) in [4.78, 5) is 24.3. The van der Waals surface area contributed by atoms with Crippen molar-refractivity contribution in [3.63, 3.8) is 0 Å². The van der Waals surface area contributed by atoms with Gasteiger partial charge in [0.2, 0.25) is 0 Å². The number of carbonyl (C=O) groups excluding carboxylic acids is 1. The van der Waals surface area contributed by atoms with Gasteiger partial charge in [0.15, 0.2) is 5.76 Å². The highest BCUT2D eigenvalue weighted by Gasteiger charge is 2.12. The molecule has 1 heterocycles. The molecule has 2 aromatic carbocycles. The van der Waals surface area contributed by atoms with Gasteiger partial charge in [-0.1, -0.05) is 44.2 Å². The lowest BCUT2D eigenvalue weighted by Gasteiger charge is -2.10. The minimum atomic E-state index is -0.509. The number of hydrogen-bond acceptors (Lipinski definition) is 3. The average Bonchev–Trinajstić information content (AvgIpc) is 2.61. The van der Waals surface area contributed by atoms with E-state index in [-0.39, 0.29) is 5.76 Å². The van der Waals surface area contributed by atoms with Crippen LogP contribution in [0.3, 0.4) is 0 Å². The highest BCUT2D eigenvalue weighted by Crippen LogP contribution is 2.21. The maximum absolute atomic E-state index is 12.3. The standard InChI is InChI=1S/C20H19NO3/c1-3-13(2)14-8-10-16(11-9-14)21-19(22)18-12-15-6-4-5-7-17(15)20(23)24-18/h4-13H,3H2,1-2H3,(H,21,22)/t13-/m0/s1. The molecule has 0 spiro atoms. The molecular weight excluding hydrogens is 302 g/mol. The summed E-state index contributed by atoms with van der Waals surface area (Å²) in [5.74, 6) is 0.0482. The smallest absolute Gasteiger partial charge is 0.344 e. The van der Waals surface area contributed by atoms with E-state index >= 15 is 0 Å². The number of carbonyl (C=O) groups is 1. The predicted octanol–water partition coefficient (Wildman–Crippen LogP) is 4.56. The number of rotatable bonds is 4. The van der Waals surface area contributed by atoms with Crippen LogP contribution in [0.15, 0.2) is 63.8 Å². The van der Waals surface area contributed by atoms with Crippen molar-refractivity contribution < 1.29 is 9.21 Å². The van der Waals surface area contributed by atoms with E-state index in [2.05, 4.69) is 19.2 Å². The van der Waals surface area contributed by atoms with Gasteiger partial charge in [-0.15, -0.1) is 0 Å². The van der Waals surface area contributed by atoms with Gasteiger partial charge in [0.25, 0.3) is 5.91 Å². The maximum Gasteiger partial charge on any atom is 0.344 e. The lowest BCUT2D eigenvalue weighted by molar-refractivity contribution is 0.0993. The molecule has 1 aromatic heterocycles. The third-order valence-electron chi connectivity index (χ3n) is 4.24.